The van der Waals surface area contributed by atoms with Gasteiger partial charge < -0.3 is 15.2 Å². The van der Waals surface area contributed by atoms with Crippen molar-refractivity contribution in [1.29, 1.82) is 0 Å². The molecule has 0 aliphatic heterocycles. The predicted octanol–water partition coefficient (Wildman–Crippen LogP) is 2.58. The van der Waals surface area contributed by atoms with E-state index >= 15 is 0 Å². The van der Waals surface area contributed by atoms with Crippen LogP contribution in [-0.2, 0) is 0 Å². The second-order valence-corrected chi connectivity index (χ2v) is 4.32. The molecule has 1 aromatic carbocycles. The van der Waals surface area contributed by atoms with Gasteiger partial charge in [0.2, 0.25) is 0 Å². The summed E-state index contributed by atoms with van der Waals surface area (Å²) in [5.41, 5.74) is 1.83. The van der Waals surface area contributed by atoms with Crippen LogP contribution in [0.4, 0.5) is 5.69 Å². The molecule has 1 heterocycles. The minimum Gasteiger partial charge on any atom is -0.492 e. The summed E-state index contributed by atoms with van der Waals surface area (Å²) >= 11 is 0. The zero-order valence-corrected chi connectivity index (χ0v) is 11.2. The highest BCUT2D eigenvalue weighted by molar-refractivity contribution is 5.93. The molecule has 0 atom stereocenters. The zero-order valence-electron chi connectivity index (χ0n) is 11.2. The summed E-state index contributed by atoms with van der Waals surface area (Å²) in [6.07, 6.45) is 2.88. The molecule has 0 amide bonds. The highest BCUT2D eigenvalue weighted by Gasteiger charge is 2.08. The van der Waals surface area contributed by atoms with Crippen molar-refractivity contribution in [2.75, 3.05) is 18.5 Å². The van der Waals surface area contributed by atoms with Crippen molar-refractivity contribution in [1.82, 2.24) is 4.98 Å². The van der Waals surface area contributed by atoms with Gasteiger partial charge >= 0.3 is 5.97 Å². The number of aryl methyl sites for hydroxylation is 1. The topological polar surface area (TPSA) is 71.5 Å². The number of carbonyl (C=O) groups is 1. The first-order valence-electron chi connectivity index (χ1n) is 6.27. The summed E-state index contributed by atoms with van der Waals surface area (Å²) in [5.74, 6) is -0.194. The maximum Gasteiger partial charge on any atom is 0.339 e. The van der Waals surface area contributed by atoms with Crippen LogP contribution in [0.15, 0.2) is 42.7 Å². The van der Waals surface area contributed by atoms with E-state index in [4.69, 9.17) is 9.84 Å². The first-order chi connectivity index (χ1) is 9.66. The Labute approximate surface area is 117 Å². The molecule has 2 aromatic rings. The van der Waals surface area contributed by atoms with Gasteiger partial charge in [0.15, 0.2) is 0 Å². The lowest BCUT2D eigenvalue weighted by Gasteiger charge is -2.10. The van der Waals surface area contributed by atoms with Crippen molar-refractivity contribution in [2.24, 2.45) is 0 Å². The van der Waals surface area contributed by atoms with Gasteiger partial charge in [-0.15, -0.1) is 0 Å². The van der Waals surface area contributed by atoms with Gasteiger partial charge in [0.1, 0.15) is 17.9 Å². The predicted molar refractivity (Wildman–Crippen MR) is 76.4 cm³/mol. The summed E-state index contributed by atoms with van der Waals surface area (Å²) in [7, 11) is 0. The van der Waals surface area contributed by atoms with E-state index in [1.54, 1.807) is 12.3 Å². The Balaban J connectivity index is 1.86. The number of benzene rings is 1. The lowest BCUT2D eigenvalue weighted by Crippen LogP contribution is -2.14. The van der Waals surface area contributed by atoms with Gasteiger partial charge in [-0.05, 0) is 30.7 Å². The molecule has 0 bridgehead atoms. The molecule has 20 heavy (non-hydrogen) atoms. The molecular formula is C15H16N2O3. The van der Waals surface area contributed by atoms with Gasteiger partial charge in [0.25, 0.3) is 0 Å². The van der Waals surface area contributed by atoms with Crippen LogP contribution in [0.25, 0.3) is 0 Å². The van der Waals surface area contributed by atoms with Gasteiger partial charge in [-0.3, -0.25) is 4.98 Å². The summed E-state index contributed by atoms with van der Waals surface area (Å²) in [6, 6.07) is 9.41. The number of nitrogens with one attached hydrogen (secondary N) is 1. The summed E-state index contributed by atoms with van der Waals surface area (Å²) in [6.45, 7) is 2.96. The second-order valence-electron chi connectivity index (χ2n) is 4.32. The van der Waals surface area contributed by atoms with Crippen LogP contribution in [0.2, 0.25) is 0 Å². The Hall–Kier alpha value is -2.56. The number of aromatic nitrogens is 1. The van der Waals surface area contributed by atoms with Crippen molar-refractivity contribution in [3.63, 3.8) is 0 Å². The van der Waals surface area contributed by atoms with E-state index < -0.39 is 5.97 Å². The van der Waals surface area contributed by atoms with Crippen LogP contribution in [0.1, 0.15) is 15.9 Å². The van der Waals surface area contributed by atoms with Crippen LogP contribution in [0.5, 0.6) is 5.75 Å². The van der Waals surface area contributed by atoms with E-state index in [0.717, 1.165) is 11.3 Å². The maximum atomic E-state index is 11.0. The Bertz CT molecular complexity index is 599. The molecule has 0 radical (unpaired) electrons. The number of pyridine rings is 1. The SMILES string of the molecule is Cc1cccc(OCCNc2ccncc2C(=O)O)c1. The lowest BCUT2D eigenvalue weighted by molar-refractivity contribution is 0.0697. The molecular weight excluding hydrogens is 256 g/mol. The quantitative estimate of drug-likeness (QED) is 0.791. The smallest absolute Gasteiger partial charge is 0.339 e. The Kier molecular flexibility index (Phi) is 4.55. The number of ether oxygens (including phenoxy) is 1. The molecule has 0 aliphatic carbocycles. The monoisotopic (exact) mass is 272 g/mol. The molecule has 0 saturated carbocycles. The molecule has 0 saturated heterocycles. The lowest BCUT2D eigenvalue weighted by atomic mass is 10.2. The van der Waals surface area contributed by atoms with E-state index in [-0.39, 0.29) is 5.56 Å². The van der Waals surface area contributed by atoms with E-state index in [0.29, 0.717) is 18.8 Å². The molecule has 2 N–H and O–H groups in total. The Morgan fingerprint density at radius 3 is 3.00 bits per heavy atom. The number of rotatable bonds is 6. The Morgan fingerprint density at radius 1 is 1.40 bits per heavy atom. The van der Waals surface area contributed by atoms with Crippen LogP contribution in [0.3, 0.4) is 0 Å². The minimum atomic E-state index is -1.000. The minimum absolute atomic E-state index is 0.156. The van der Waals surface area contributed by atoms with E-state index in [2.05, 4.69) is 10.3 Å². The van der Waals surface area contributed by atoms with Crippen LogP contribution >= 0.6 is 0 Å². The first-order valence-corrected chi connectivity index (χ1v) is 6.27. The number of aromatic carboxylic acids is 1. The number of anilines is 1. The summed E-state index contributed by atoms with van der Waals surface area (Å²) in [5, 5.41) is 12.1. The van der Waals surface area contributed by atoms with E-state index in [1.165, 1.54) is 6.20 Å². The van der Waals surface area contributed by atoms with Gasteiger partial charge in [0.05, 0.1) is 5.69 Å². The van der Waals surface area contributed by atoms with Crippen molar-refractivity contribution < 1.29 is 14.6 Å². The highest BCUT2D eigenvalue weighted by atomic mass is 16.5. The molecule has 0 fully saturated rings. The van der Waals surface area contributed by atoms with E-state index in [1.807, 2.05) is 31.2 Å². The molecule has 0 aliphatic rings. The van der Waals surface area contributed by atoms with Crippen molar-refractivity contribution in [2.45, 2.75) is 6.92 Å². The third kappa shape index (κ3) is 3.71. The summed E-state index contributed by atoms with van der Waals surface area (Å²) in [4.78, 5) is 14.8. The molecule has 5 heteroatoms. The van der Waals surface area contributed by atoms with Crippen molar-refractivity contribution in [3.05, 3.63) is 53.9 Å². The third-order valence-electron chi connectivity index (χ3n) is 2.73. The molecule has 104 valence electrons. The maximum absolute atomic E-state index is 11.0. The molecule has 5 nitrogen and oxygen atoms in total. The van der Waals surface area contributed by atoms with Crippen molar-refractivity contribution in [3.8, 4) is 5.75 Å². The largest absolute Gasteiger partial charge is 0.492 e. The van der Waals surface area contributed by atoms with Crippen molar-refractivity contribution >= 4 is 11.7 Å². The number of carboxylic acid groups (broad SMARTS) is 1. The van der Waals surface area contributed by atoms with Gasteiger partial charge in [-0.2, -0.15) is 0 Å². The average molecular weight is 272 g/mol. The molecule has 0 unspecified atom stereocenters. The first kappa shape index (κ1) is 13.9. The normalized spacial score (nSPS) is 10.1. The molecule has 2 rings (SSSR count). The third-order valence-corrected chi connectivity index (χ3v) is 2.73. The number of carboxylic acids is 1. The average Bonchev–Trinajstić information content (AvgIpc) is 2.44. The van der Waals surface area contributed by atoms with Gasteiger partial charge in [-0.25, -0.2) is 4.79 Å². The standard InChI is InChI=1S/C15H16N2O3/c1-11-3-2-4-12(9-11)20-8-7-17-14-5-6-16-10-13(14)15(18)19/h2-6,9-10H,7-8H2,1H3,(H,16,17)(H,18,19). The number of nitrogens with zero attached hydrogens (tertiary/aromatic N) is 1. The molecule has 0 spiro atoms. The fraction of sp³-hybridized carbons (Fsp3) is 0.200. The second kappa shape index (κ2) is 6.56. The summed E-state index contributed by atoms with van der Waals surface area (Å²) < 4.78 is 5.58. The van der Waals surface area contributed by atoms with Gasteiger partial charge in [0, 0.05) is 18.9 Å². The zero-order chi connectivity index (χ0) is 14.4. The van der Waals surface area contributed by atoms with E-state index in [9.17, 15) is 4.79 Å². The van der Waals surface area contributed by atoms with Crippen LogP contribution in [-0.4, -0.2) is 29.2 Å². The Morgan fingerprint density at radius 2 is 2.25 bits per heavy atom. The number of hydrogen-bond acceptors (Lipinski definition) is 4. The van der Waals surface area contributed by atoms with Crippen LogP contribution in [0, 0.1) is 6.92 Å². The number of hydrogen-bond donors (Lipinski definition) is 2. The molecule has 1 aromatic heterocycles. The highest BCUT2D eigenvalue weighted by Crippen LogP contribution is 2.14. The fourth-order valence-electron chi connectivity index (χ4n) is 1.78. The van der Waals surface area contributed by atoms with Crippen LogP contribution < -0.4 is 10.1 Å². The van der Waals surface area contributed by atoms with Gasteiger partial charge in [-0.1, -0.05) is 12.1 Å². The fourth-order valence-corrected chi connectivity index (χ4v) is 1.78.